The Balaban J connectivity index is 1.44. The van der Waals surface area contributed by atoms with Gasteiger partial charge < -0.3 is 10.4 Å². The molecule has 2 unspecified atom stereocenters. The molecule has 1 heterocycles. The van der Waals surface area contributed by atoms with Gasteiger partial charge >= 0.3 is 0 Å². The number of para-hydroxylation sites is 1. The molecule has 1 aromatic heterocycles. The minimum Gasteiger partial charge on any atom is -0.507 e. The number of rotatable bonds is 12. The molecule has 2 N–H and O–H groups in total. The van der Waals surface area contributed by atoms with Crippen LogP contribution in [-0.4, -0.2) is 35.0 Å². The normalized spacial score (nSPS) is 15.6. The van der Waals surface area contributed by atoms with Crippen molar-refractivity contribution in [1.29, 1.82) is 5.26 Å². The van der Waals surface area contributed by atoms with E-state index in [9.17, 15) is 15.2 Å². The zero-order chi connectivity index (χ0) is 31.1. The fourth-order valence-electron chi connectivity index (χ4n) is 5.77. The highest BCUT2D eigenvalue weighted by Crippen LogP contribution is 2.38. The minimum atomic E-state index is -0.261. The number of aryl methyl sites for hydroxylation is 1. The van der Waals surface area contributed by atoms with E-state index in [2.05, 4.69) is 44.0 Å². The summed E-state index contributed by atoms with van der Waals surface area (Å²) in [5.74, 6) is 0.00968. The van der Waals surface area contributed by atoms with Crippen molar-refractivity contribution < 1.29 is 9.90 Å². The summed E-state index contributed by atoms with van der Waals surface area (Å²) in [5, 5.41) is 24.5. The van der Waals surface area contributed by atoms with Crippen LogP contribution in [0.25, 0.3) is 0 Å². The smallest absolute Gasteiger partial charge is 0.255 e. The lowest BCUT2D eigenvalue weighted by Gasteiger charge is -2.36. The van der Waals surface area contributed by atoms with Gasteiger partial charge in [0.1, 0.15) is 11.8 Å². The molecule has 5 nitrogen and oxygen atoms in total. The van der Waals surface area contributed by atoms with Crippen LogP contribution in [0.15, 0.2) is 42.5 Å². The van der Waals surface area contributed by atoms with E-state index in [1.807, 2.05) is 18.2 Å². The summed E-state index contributed by atoms with van der Waals surface area (Å²) in [5.41, 5.74) is 3.71. The predicted octanol–water partition coefficient (Wildman–Crippen LogP) is 8.82. The number of phenols is 1. The summed E-state index contributed by atoms with van der Waals surface area (Å²) in [4.78, 5) is 17.7. The third-order valence-corrected chi connectivity index (χ3v) is 10.4. The van der Waals surface area contributed by atoms with Crippen molar-refractivity contribution in [3.05, 3.63) is 84.5 Å². The lowest BCUT2D eigenvalue weighted by molar-refractivity contribution is 0.0943. The molecular formula is C35H43Cl2N3O2S. The molecule has 0 saturated heterocycles. The van der Waals surface area contributed by atoms with Gasteiger partial charge in [-0.2, -0.15) is 5.26 Å². The number of carbonyl (C=O) groups is 1. The third-order valence-electron chi connectivity index (χ3n) is 8.53. The monoisotopic (exact) mass is 639 g/mol. The molecule has 2 atom stereocenters. The molecule has 0 aliphatic heterocycles. The Morgan fingerprint density at radius 1 is 1.23 bits per heavy atom. The van der Waals surface area contributed by atoms with Crippen LogP contribution >= 0.6 is 34.5 Å². The van der Waals surface area contributed by atoms with Crippen molar-refractivity contribution in [2.45, 2.75) is 85.2 Å². The topological polar surface area (TPSA) is 76.4 Å². The van der Waals surface area contributed by atoms with E-state index in [1.54, 1.807) is 29.5 Å². The number of amides is 1. The number of nitrogens with zero attached hydrogens (tertiary/aromatic N) is 2. The molecule has 3 aromatic rings. The van der Waals surface area contributed by atoms with Crippen LogP contribution in [0.5, 0.6) is 5.75 Å². The molecule has 0 fully saturated rings. The number of nitrogens with one attached hydrogen (secondary N) is 1. The number of fused-ring (bicyclic) bond motifs is 1. The Kier molecular flexibility index (Phi) is 11.6. The van der Waals surface area contributed by atoms with Gasteiger partial charge in [0.05, 0.1) is 11.1 Å². The number of thiophene rings is 1. The van der Waals surface area contributed by atoms with Gasteiger partial charge in [0.15, 0.2) is 0 Å². The molecule has 0 radical (unpaired) electrons. The Labute approximate surface area is 270 Å². The number of benzene rings is 2. The minimum absolute atomic E-state index is 0.0117. The zero-order valence-corrected chi connectivity index (χ0v) is 28.0. The molecule has 1 amide bonds. The van der Waals surface area contributed by atoms with Crippen molar-refractivity contribution in [3.8, 4) is 11.8 Å². The van der Waals surface area contributed by atoms with Crippen LogP contribution in [0, 0.1) is 22.7 Å². The zero-order valence-electron chi connectivity index (χ0n) is 25.7. The fraction of sp³-hybridized carbons (Fsp3) is 0.486. The third kappa shape index (κ3) is 8.99. The first-order valence-electron chi connectivity index (χ1n) is 15.3. The highest BCUT2D eigenvalue weighted by atomic mass is 35.5. The SMILES string of the molecule is CCC(CCc1sc2c(c1C#N)CCC(N(CCC(C)(C)C)Cc1ccc(Cl)cc1Cl)C2)CNC(=O)c1ccccc1O. The summed E-state index contributed by atoms with van der Waals surface area (Å²) in [6.45, 7) is 11.3. The van der Waals surface area contributed by atoms with Crippen LogP contribution in [0.3, 0.4) is 0 Å². The fourth-order valence-corrected chi connectivity index (χ4v) is 7.62. The molecular weight excluding hydrogens is 597 g/mol. The van der Waals surface area contributed by atoms with E-state index in [4.69, 9.17) is 23.2 Å². The van der Waals surface area contributed by atoms with Gasteiger partial charge in [-0.25, -0.2) is 0 Å². The van der Waals surface area contributed by atoms with E-state index in [0.717, 1.165) is 69.2 Å². The van der Waals surface area contributed by atoms with Gasteiger partial charge in [-0.15, -0.1) is 11.3 Å². The van der Waals surface area contributed by atoms with Crippen molar-refractivity contribution in [3.63, 3.8) is 0 Å². The van der Waals surface area contributed by atoms with Crippen molar-refractivity contribution in [2.75, 3.05) is 13.1 Å². The largest absolute Gasteiger partial charge is 0.507 e. The van der Waals surface area contributed by atoms with Crippen molar-refractivity contribution in [1.82, 2.24) is 10.2 Å². The van der Waals surface area contributed by atoms with Crippen molar-refractivity contribution >= 4 is 40.4 Å². The number of halogens is 2. The summed E-state index contributed by atoms with van der Waals surface area (Å²) in [6, 6.07) is 15.3. The first-order chi connectivity index (χ1) is 20.5. The summed E-state index contributed by atoms with van der Waals surface area (Å²) in [6.07, 6.45) is 6.59. The summed E-state index contributed by atoms with van der Waals surface area (Å²) < 4.78 is 0. The summed E-state index contributed by atoms with van der Waals surface area (Å²) >= 11 is 14.6. The predicted molar refractivity (Wildman–Crippen MR) is 178 cm³/mol. The molecule has 1 aliphatic carbocycles. The highest BCUT2D eigenvalue weighted by Gasteiger charge is 2.30. The van der Waals surface area contributed by atoms with Gasteiger partial charge in [0.2, 0.25) is 0 Å². The van der Waals surface area contributed by atoms with E-state index in [1.165, 1.54) is 21.4 Å². The van der Waals surface area contributed by atoms with E-state index >= 15 is 0 Å². The number of nitriles is 1. The molecule has 8 heteroatoms. The number of hydrogen-bond acceptors (Lipinski definition) is 5. The molecule has 4 rings (SSSR count). The lowest BCUT2D eigenvalue weighted by atomic mass is 9.88. The highest BCUT2D eigenvalue weighted by molar-refractivity contribution is 7.12. The Morgan fingerprint density at radius 2 is 2.00 bits per heavy atom. The van der Waals surface area contributed by atoms with Crippen LogP contribution in [0.2, 0.25) is 10.0 Å². The molecule has 0 saturated carbocycles. The van der Waals surface area contributed by atoms with Gasteiger partial charge in [-0.05, 0) is 91.8 Å². The molecule has 230 valence electrons. The van der Waals surface area contributed by atoms with Crippen LogP contribution in [0.4, 0.5) is 0 Å². The Morgan fingerprint density at radius 3 is 2.67 bits per heavy atom. The maximum absolute atomic E-state index is 12.6. The number of phenolic OH excluding ortho intramolecular Hbond substituents is 1. The number of aromatic hydroxyl groups is 1. The average Bonchev–Trinajstić information content (AvgIpc) is 3.32. The second-order valence-corrected chi connectivity index (χ2v) is 14.9. The maximum Gasteiger partial charge on any atom is 0.255 e. The van der Waals surface area contributed by atoms with Gasteiger partial charge in [-0.3, -0.25) is 9.69 Å². The summed E-state index contributed by atoms with van der Waals surface area (Å²) in [7, 11) is 0. The van der Waals surface area contributed by atoms with E-state index < -0.39 is 0 Å². The van der Waals surface area contributed by atoms with E-state index in [-0.39, 0.29) is 23.0 Å². The Hall–Kier alpha value is -2.56. The second-order valence-electron chi connectivity index (χ2n) is 12.9. The first kappa shape index (κ1) is 33.3. The molecule has 2 aromatic carbocycles. The van der Waals surface area contributed by atoms with Gasteiger partial charge in [-0.1, -0.05) is 75.5 Å². The number of hydrogen-bond donors (Lipinski definition) is 2. The quantitative estimate of drug-likeness (QED) is 0.208. The standard InChI is InChI=1S/C35H43Cl2N3O2S/c1-5-23(21-39-34(42)28-8-6-7-9-31(28)41)10-15-32-29(20-38)27-14-13-26(19-33(27)43-32)40(17-16-35(2,3)4)22-24-11-12-25(36)18-30(24)37/h6-9,11-12,18,23,26,41H,5,10,13-17,19,21-22H2,1-4H3,(H,39,42). The first-order valence-corrected chi connectivity index (χ1v) is 16.8. The molecule has 43 heavy (non-hydrogen) atoms. The van der Waals surface area contributed by atoms with Gasteiger partial charge in [0, 0.05) is 38.9 Å². The molecule has 0 bridgehead atoms. The second kappa shape index (κ2) is 14.9. The Bertz CT molecular complexity index is 1460. The van der Waals surface area contributed by atoms with Crippen LogP contribution in [-0.2, 0) is 25.8 Å². The average molecular weight is 641 g/mol. The number of carbonyl (C=O) groups excluding carboxylic acids is 1. The maximum atomic E-state index is 12.6. The van der Waals surface area contributed by atoms with Crippen LogP contribution in [0.1, 0.15) is 90.2 Å². The molecule has 0 spiro atoms. The molecule has 1 aliphatic rings. The van der Waals surface area contributed by atoms with E-state index in [0.29, 0.717) is 28.2 Å². The van der Waals surface area contributed by atoms with Gasteiger partial charge in [0.25, 0.3) is 5.91 Å². The lowest BCUT2D eigenvalue weighted by Crippen LogP contribution is -2.40. The van der Waals surface area contributed by atoms with Crippen molar-refractivity contribution in [2.24, 2.45) is 11.3 Å². The van der Waals surface area contributed by atoms with Crippen LogP contribution < -0.4 is 5.32 Å².